The highest BCUT2D eigenvalue weighted by atomic mass is 16.3. The Morgan fingerprint density at radius 3 is 2.67 bits per heavy atom. The molecule has 1 heterocycles. The highest BCUT2D eigenvalue weighted by Crippen LogP contribution is 2.37. The van der Waals surface area contributed by atoms with Gasteiger partial charge in [0.2, 0.25) is 0 Å². The topological polar surface area (TPSA) is 23.5 Å². The van der Waals surface area contributed by atoms with E-state index in [1.165, 1.54) is 19.4 Å². The Kier molecular flexibility index (Phi) is 3.13. The maximum Gasteiger partial charge on any atom is 0.0502 e. The Hall–Kier alpha value is -0.0800. The van der Waals surface area contributed by atoms with Crippen molar-refractivity contribution >= 4 is 0 Å². The van der Waals surface area contributed by atoms with Gasteiger partial charge in [0, 0.05) is 11.5 Å². The largest absolute Gasteiger partial charge is 0.396 e. The number of rotatable bonds is 2. The predicted octanol–water partition coefficient (Wildman–Crippen LogP) is 1.49. The summed E-state index contributed by atoms with van der Waals surface area (Å²) in [5, 5.41) is 9.40. The van der Waals surface area contributed by atoms with Gasteiger partial charge in [0.15, 0.2) is 0 Å². The summed E-state index contributed by atoms with van der Waals surface area (Å²) in [5.41, 5.74) is 0.174. The van der Waals surface area contributed by atoms with Crippen LogP contribution in [0.3, 0.4) is 0 Å². The van der Waals surface area contributed by atoms with Gasteiger partial charge in [-0.15, -0.1) is 0 Å². The molecule has 0 saturated carbocycles. The third kappa shape index (κ3) is 1.50. The van der Waals surface area contributed by atoms with Gasteiger partial charge in [0.25, 0.3) is 0 Å². The first-order valence-electron chi connectivity index (χ1n) is 4.97. The Bertz CT molecular complexity index is 143. The lowest BCUT2D eigenvalue weighted by molar-refractivity contribution is -0.00867. The molecule has 1 aliphatic rings. The Labute approximate surface area is 75.6 Å². The molecule has 0 aliphatic carbocycles. The quantitative estimate of drug-likeness (QED) is 0.680. The van der Waals surface area contributed by atoms with Crippen LogP contribution in [0.15, 0.2) is 0 Å². The molecule has 2 atom stereocenters. The van der Waals surface area contributed by atoms with Crippen LogP contribution in [0.4, 0.5) is 0 Å². The molecule has 0 spiro atoms. The van der Waals surface area contributed by atoms with Gasteiger partial charge in [-0.05, 0) is 39.8 Å². The Morgan fingerprint density at radius 1 is 1.58 bits per heavy atom. The van der Waals surface area contributed by atoms with Gasteiger partial charge in [-0.3, -0.25) is 0 Å². The van der Waals surface area contributed by atoms with Crippen LogP contribution in [0.2, 0.25) is 0 Å². The van der Waals surface area contributed by atoms with Crippen LogP contribution < -0.4 is 0 Å². The van der Waals surface area contributed by atoms with E-state index in [2.05, 4.69) is 25.8 Å². The van der Waals surface area contributed by atoms with Gasteiger partial charge in [-0.2, -0.15) is 0 Å². The lowest BCUT2D eigenvalue weighted by Crippen LogP contribution is -2.50. The van der Waals surface area contributed by atoms with Gasteiger partial charge < -0.3 is 10.0 Å². The van der Waals surface area contributed by atoms with Crippen molar-refractivity contribution in [3.05, 3.63) is 0 Å². The third-order valence-electron chi connectivity index (χ3n) is 3.75. The normalized spacial score (nSPS) is 38.5. The van der Waals surface area contributed by atoms with Gasteiger partial charge in [0.1, 0.15) is 0 Å². The average molecular weight is 171 g/mol. The lowest BCUT2D eigenvalue weighted by Gasteiger charge is -2.46. The highest BCUT2D eigenvalue weighted by molar-refractivity contribution is 4.91. The highest BCUT2D eigenvalue weighted by Gasteiger charge is 2.38. The maximum absolute atomic E-state index is 9.40. The van der Waals surface area contributed by atoms with Crippen molar-refractivity contribution in [3.63, 3.8) is 0 Å². The first-order valence-corrected chi connectivity index (χ1v) is 4.97. The van der Waals surface area contributed by atoms with Crippen LogP contribution in [0.25, 0.3) is 0 Å². The first-order chi connectivity index (χ1) is 5.66. The summed E-state index contributed by atoms with van der Waals surface area (Å²) in [6.45, 7) is 5.95. The third-order valence-corrected chi connectivity index (χ3v) is 3.75. The molecule has 0 aromatic heterocycles. The number of aliphatic hydroxyl groups excluding tert-OH is 1. The predicted molar refractivity (Wildman–Crippen MR) is 51.1 cm³/mol. The minimum Gasteiger partial charge on any atom is -0.396 e. The molecular formula is C10H21NO. The molecule has 1 N–H and O–H groups in total. The molecule has 1 aliphatic heterocycles. The fourth-order valence-electron chi connectivity index (χ4n) is 2.35. The summed E-state index contributed by atoms with van der Waals surface area (Å²) in [4.78, 5) is 2.36. The van der Waals surface area contributed by atoms with E-state index in [0.29, 0.717) is 12.6 Å². The van der Waals surface area contributed by atoms with E-state index in [9.17, 15) is 5.11 Å². The lowest BCUT2D eigenvalue weighted by atomic mass is 9.72. The summed E-state index contributed by atoms with van der Waals surface area (Å²) >= 11 is 0. The zero-order valence-corrected chi connectivity index (χ0v) is 8.51. The molecular weight excluding hydrogens is 150 g/mol. The summed E-state index contributed by atoms with van der Waals surface area (Å²) in [5.74, 6) is 0. The molecule has 2 nitrogen and oxygen atoms in total. The van der Waals surface area contributed by atoms with E-state index in [1.807, 2.05) is 0 Å². The molecule has 0 unspecified atom stereocenters. The molecule has 0 aromatic carbocycles. The zero-order valence-electron chi connectivity index (χ0n) is 8.51. The van der Waals surface area contributed by atoms with Crippen molar-refractivity contribution in [1.82, 2.24) is 4.90 Å². The minimum atomic E-state index is 0.174. The molecule has 0 aromatic rings. The van der Waals surface area contributed by atoms with Crippen LogP contribution in [0.1, 0.15) is 33.1 Å². The van der Waals surface area contributed by atoms with Crippen molar-refractivity contribution < 1.29 is 5.11 Å². The monoisotopic (exact) mass is 171 g/mol. The number of nitrogens with zero attached hydrogens (tertiary/aromatic N) is 1. The molecule has 12 heavy (non-hydrogen) atoms. The van der Waals surface area contributed by atoms with Gasteiger partial charge >= 0.3 is 0 Å². The van der Waals surface area contributed by atoms with Crippen molar-refractivity contribution in [2.24, 2.45) is 5.41 Å². The summed E-state index contributed by atoms with van der Waals surface area (Å²) in [6.07, 6.45) is 3.51. The van der Waals surface area contributed by atoms with Crippen molar-refractivity contribution in [3.8, 4) is 0 Å². The number of piperidine rings is 1. The number of hydrogen-bond donors (Lipinski definition) is 1. The second kappa shape index (κ2) is 3.75. The average Bonchev–Trinajstić information content (AvgIpc) is 2.11. The second-order valence-corrected chi connectivity index (χ2v) is 4.13. The van der Waals surface area contributed by atoms with Gasteiger partial charge in [0.05, 0.1) is 6.61 Å². The Morgan fingerprint density at radius 2 is 2.25 bits per heavy atom. The number of aliphatic hydroxyl groups is 1. The van der Waals surface area contributed by atoms with E-state index in [4.69, 9.17) is 0 Å². The molecule has 72 valence electrons. The summed E-state index contributed by atoms with van der Waals surface area (Å²) in [6, 6.07) is 0.529. The standard InChI is InChI=1S/C10H21NO/c1-4-10(8-12)6-5-7-11(3)9(10)2/h9,12H,4-8H2,1-3H3/t9-,10-/m1/s1. The van der Waals surface area contributed by atoms with Crippen LogP contribution in [-0.2, 0) is 0 Å². The Balaban J connectivity index is 2.71. The van der Waals surface area contributed by atoms with Crippen molar-refractivity contribution in [1.29, 1.82) is 0 Å². The maximum atomic E-state index is 9.40. The van der Waals surface area contributed by atoms with Crippen LogP contribution >= 0.6 is 0 Å². The van der Waals surface area contributed by atoms with E-state index < -0.39 is 0 Å². The fraction of sp³-hybridized carbons (Fsp3) is 1.00. The number of likely N-dealkylation sites (tertiary alicyclic amines) is 1. The van der Waals surface area contributed by atoms with E-state index in [-0.39, 0.29) is 5.41 Å². The van der Waals surface area contributed by atoms with Gasteiger partial charge in [-0.1, -0.05) is 6.92 Å². The SMILES string of the molecule is CC[C@]1(CO)CCCN(C)[C@@H]1C. The zero-order chi connectivity index (χ0) is 9.19. The molecule has 0 radical (unpaired) electrons. The van der Waals surface area contributed by atoms with E-state index >= 15 is 0 Å². The van der Waals surface area contributed by atoms with E-state index in [0.717, 1.165) is 6.42 Å². The van der Waals surface area contributed by atoms with Crippen molar-refractivity contribution in [2.75, 3.05) is 20.2 Å². The fourth-order valence-corrected chi connectivity index (χ4v) is 2.35. The molecule has 1 fully saturated rings. The number of hydrogen-bond acceptors (Lipinski definition) is 2. The van der Waals surface area contributed by atoms with Crippen molar-refractivity contribution in [2.45, 2.75) is 39.2 Å². The van der Waals surface area contributed by atoms with Crippen LogP contribution in [0, 0.1) is 5.41 Å². The molecule has 0 bridgehead atoms. The second-order valence-electron chi connectivity index (χ2n) is 4.13. The minimum absolute atomic E-state index is 0.174. The first kappa shape index (κ1) is 10.0. The van der Waals surface area contributed by atoms with Crippen LogP contribution in [-0.4, -0.2) is 36.2 Å². The molecule has 1 rings (SSSR count). The van der Waals surface area contributed by atoms with Crippen LogP contribution in [0.5, 0.6) is 0 Å². The molecule has 2 heteroatoms. The molecule has 1 saturated heterocycles. The summed E-state index contributed by atoms with van der Waals surface area (Å²) < 4.78 is 0. The molecule has 0 amide bonds. The smallest absolute Gasteiger partial charge is 0.0502 e. The van der Waals surface area contributed by atoms with E-state index in [1.54, 1.807) is 0 Å². The summed E-state index contributed by atoms with van der Waals surface area (Å²) in [7, 11) is 2.16. The van der Waals surface area contributed by atoms with Gasteiger partial charge in [-0.25, -0.2) is 0 Å².